The van der Waals surface area contributed by atoms with E-state index in [2.05, 4.69) is 0 Å². The minimum absolute atomic E-state index is 0.0131. The molecule has 150 valence electrons. The molecule has 0 aliphatic heterocycles. The monoisotopic (exact) mass is 405 g/mol. The summed E-state index contributed by atoms with van der Waals surface area (Å²) in [6, 6.07) is 17.8. The number of benzene rings is 3. The highest BCUT2D eigenvalue weighted by molar-refractivity contribution is 5.94. The summed E-state index contributed by atoms with van der Waals surface area (Å²) in [5.41, 5.74) is 1.51. The van der Waals surface area contributed by atoms with Crippen LogP contribution in [0.1, 0.15) is 21.5 Å². The van der Waals surface area contributed by atoms with Gasteiger partial charge in [-0.1, -0.05) is 24.3 Å². The number of hydrogen-bond donors (Lipinski definition) is 0. The first kappa shape index (κ1) is 19.5. The van der Waals surface area contributed by atoms with Crippen molar-refractivity contribution in [1.29, 1.82) is 0 Å². The maximum Gasteiger partial charge on any atom is 0.254 e. The number of nitrogens with zero attached hydrogens (tertiary/aromatic N) is 1. The van der Waals surface area contributed by atoms with E-state index >= 15 is 0 Å². The maximum absolute atomic E-state index is 13.3. The third-order valence-corrected chi connectivity index (χ3v) is 4.78. The van der Waals surface area contributed by atoms with Crippen molar-refractivity contribution in [2.45, 2.75) is 13.1 Å². The molecule has 4 nitrogen and oxygen atoms in total. The fraction of sp³-hybridized carbons (Fsp3) is 0.0833. The summed E-state index contributed by atoms with van der Waals surface area (Å²) in [6.07, 6.45) is 1.35. The van der Waals surface area contributed by atoms with Crippen LogP contribution in [-0.2, 0) is 13.1 Å². The number of hydrogen-bond acceptors (Lipinski definition) is 3. The summed E-state index contributed by atoms with van der Waals surface area (Å²) < 4.78 is 32.1. The quantitative estimate of drug-likeness (QED) is 0.474. The average Bonchev–Trinajstić information content (AvgIpc) is 2.77. The lowest BCUT2D eigenvalue weighted by Gasteiger charge is -2.23. The minimum Gasteiger partial charge on any atom is -0.464 e. The fourth-order valence-electron chi connectivity index (χ4n) is 3.22. The summed E-state index contributed by atoms with van der Waals surface area (Å²) in [5, 5.41) is 0.422. The first-order chi connectivity index (χ1) is 14.5. The minimum atomic E-state index is -0.452. The highest BCUT2D eigenvalue weighted by Crippen LogP contribution is 2.16. The summed E-state index contributed by atoms with van der Waals surface area (Å²) in [5.74, 6) is -1.22. The Labute approximate surface area is 171 Å². The van der Waals surface area contributed by atoms with Crippen molar-refractivity contribution in [3.8, 4) is 0 Å². The van der Waals surface area contributed by atoms with Crippen LogP contribution in [0.4, 0.5) is 8.78 Å². The van der Waals surface area contributed by atoms with Crippen LogP contribution >= 0.6 is 0 Å². The van der Waals surface area contributed by atoms with Crippen molar-refractivity contribution in [3.63, 3.8) is 0 Å². The van der Waals surface area contributed by atoms with E-state index in [0.717, 1.165) is 0 Å². The van der Waals surface area contributed by atoms with Gasteiger partial charge in [-0.2, -0.15) is 0 Å². The third kappa shape index (κ3) is 4.12. The second-order valence-electron chi connectivity index (χ2n) is 6.88. The highest BCUT2D eigenvalue weighted by Gasteiger charge is 2.19. The van der Waals surface area contributed by atoms with E-state index in [-0.39, 0.29) is 35.8 Å². The maximum atomic E-state index is 13.3. The Kier molecular flexibility index (Phi) is 5.39. The Balaban J connectivity index is 1.70. The van der Waals surface area contributed by atoms with Crippen molar-refractivity contribution in [2.75, 3.05) is 0 Å². The third-order valence-electron chi connectivity index (χ3n) is 4.78. The predicted octanol–water partition coefficient (Wildman–Crippen LogP) is 4.91. The van der Waals surface area contributed by atoms with Gasteiger partial charge >= 0.3 is 0 Å². The number of rotatable bonds is 5. The van der Waals surface area contributed by atoms with E-state index in [1.54, 1.807) is 36.4 Å². The molecular formula is C24H17F2NO3. The van der Waals surface area contributed by atoms with E-state index in [4.69, 9.17) is 4.42 Å². The number of fused-ring (bicyclic) bond motifs is 1. The van der Waals surface area contributed by atoms with Gasteiger partial charge in [-0.3, -0.25) is 9.59 Å². The molecule has 4 aromatic rings. The van der Waals surface area contributed by atoms with Crippen LogP contribution in [0.25, 0.3) is 11.0 Å². The predicted molar refractivity (Wildman–Crippen MR) is 109 cm³/mol. The average molecular weight is 405 g/mol. The van der Waals surface area contributed by atoms with Gasteiger partial charge in [0.25, 0.3) is 5.91 Å². The van der Waals surface area contributed by atoms with Gasteiger partial charge in [0.05, 0.1) is 23.8 Å². The van der Waals surface area contributed by atoms with Gasteiger partial charge in [0.2, 0.25) is 0 Å². The number of para-hydroxylation sites is 1. The normalized spacial score (nSPS) is 10.9. The molecule has 0 aliphatic carbocycles. The largest absolute Gasteiger partial charge is 0.464 e. The molecule has 1 aromatic heterocycles. The standard InChI is InChI=1S/C24H17F2NO3/c25-19-9-5-16(6-10-19)13-27(24(29)17-7-11-20(26)12-8-17)14-18-15-30-22-4-2-1-3-21(22)23(18)28/h1-12,15H,13-14H2. The van der Waals surface area contributed by atoms with Crippen LogP contribution in [0.5, 0.6) is 0 Å². The second kappa shape index (κ2) is 8.29. The zero-order chi connectivity index (χ0) is 21.1. The summed E-state index contributed by atoms with van der Waals surface area (Å²) in [4.78, 5) is 27.4. The van der Waals surface area contributed by atoms with Crippen LogP contribution in [0.2, 0.25) is 0 Å². The molecule has 4 rings (SSSR count). The lowest BCUT2D eigenvalue weighted by molar-refractivity contribution is 0.0729. The molecule has 0 unspecified atom stereocenters. The molecule has 0 spiro atoms. The molecule has 0 bridgehead atoms. The lowest BCUT2D eigenvalue weighted by Crippen LogP contribution is -2.32. The molecule has 1 amide bonds. The molecule has 0 fully saturated rings. The van der Waals surface area contributed by atoms with Crippen molar-refractivity contribution in [1.82, 2.24) is 4.90 Å². The van der Waals surface area contributed by atoms with Crippen LogP contribution in [0.3, 0.4) is 0 Å². The smallest absolute Gasteiger partial charge is 0.254 e. The van der Waals surface area contributed by atoms with Crippen LogP contribution in [0.15, 0.2) is 88.3 Å². The summed E-state index contributed by atoms with van der Waals surface area (Å²) in [7, 11) is 0. The molecule has 0 saturated heterocycles. The molecule has 0 N–H and O–H groups in total. The highest BCUT2D eigenvalue weighted by atomic mass is 19.1. The Morgan fingerprint density at radius 1 is 0.833 bits per heavy atom. The first-order valence-electron chi connectivity index (χ1n) is 9.30. The summed E-state index contributed by atoms with van der Waals surface area (Å²) in [6.45, 7) is 0.128. The molecular weight excluding hydrogens is 388 g/mol. The van der Waals surface area contributed by atoms with Crippen molar-refractivity contribution in [3.05, 3.63) is 118 Å². The fourth-order valence-corrected chi connectivity index (χ4v) is 3.22. The van der Waals surface area contributed by atoms with Crippen LogP contribution in [-0.4, -0.2) is 10.8 Å². The molecule has 0 radical (unpaired) electrons. The molecule has 0 saturated carbocycles. The molecule has 0 atom stereocenters. The molecule has 1 heterocycles. The Morgan fingerprint density at radius 2 is 1.47 bits per heavy atom. The zero-order valence-electron chi connectivity index (χ0n) is 15.8. The Morgan fingerprint density at radius 3 is 2.17 bits per heavy atom. The number of carbonyl (C=O) groups is 1. The lowest BCUT2D eigenvalue weighted by atomic mass is 10.1. The van der Waals surface area contributed by atoms with E-state index in [1.165, 1.54) is 47.6 Å². The van der Waals surface area contributed by atoms with Gasteiger partial charge in [-0.15, -0.1) is 0 Å². The molecule has 30 heavy (non-hydrogen) atoms. The van der Waals surface area contributed by atoms with Gasteiger partial charge in [0.1, 0.15) is 17.2 Å². The Bertz CT molecular complexity index is 1250. The van der Waals surface area contributed by atoms with Gasteiger partial charge in [-0.05, 0) is 54.1 Å². The molecule has 3 aromatic carbocycles. The van der Waals surface area contributed by atoms with Gasteiger partial charge in [0.15, 0.2) is 5.43 Å². The first-order valence-corrected chi connectivity index (χ1v) is 9.30. The zero-order valence-corrected chi connectivity index (χ0v) is 15.8. The number of halogens is 2. The van der Waals surface area contributed by atoms with Crippen molar-refractivity contribution < 1.29 is 18.0 Å². The SMILES string of the molecule is O=C(c1ccc(F)cc1)N(Cc1ccc(F)cc1)Cc1coc2ccccc2c1=O. The van der Waals surface area contributed by atoms with Crippen LogP contribution in [0, 0.1) is 11.6 Å². The number of amides is 1. The number of carbonyl (C=O) groups excluding carboxylic acids is 1. The van der Waals surface area contributed by atoms with Crippen LogP contribution < -0.4 is 5.43 Å². The Hall–Kier alpha value is -3.80. The van der Waals surface area contributed by atoms with Gasteiger partial charge in [-0.25, -0.2) is 8.78 Å². The van der Waals surface area contributed by atoms with Gasteiger partial charge in [0, 0.05) is 12.1 Å². The van der Waals surface area contributed by atoms with E-state index in [9.17, 15) is 18.4 Å². The molecule has 0 aliphatic rings. The topological polar surface area (TPSA) is 50.5 Å². The van der Waals surface area contributed by atoms with E-state index in [0.29, 0.717) is 22.1 Å². The second-order valence-corrected chi connectivity index (χ2v) is 6.88. The van der Waals surface area contributed by atoms with E-state index in [1.807, 2.05) is 0 Å². The van der Waals surface area contributed by atoms with Crippen molar-refractivity contribution >= 4 is 16.9 Å². The van der Waals surface area contributed by atoms with Gasteiger partial charge < -0.3 is 9.32 Å². The molecule has 6 heteroatoms. The van der Waals surface area contributed by atoms with Crippen molar-refractivity contribution in [2.24, 2.45) is 0 Å². The summed E-state index contributed by atoms with van der Waals surface area (Å²) >= 11 is 0. The van der Waals surface area contributed by atoms with E-state index < -0.39 is 5.82 Å².